The number of carbonyl (C=O) groups is 1. The number of aryl methyl sites for hydroxylation is 2. The van der Waals surface area contributed by atoms with E-state index in [4.69, 9.17) is 0 Å². The van der Waals surface area contributed by atoms with Crippen LogP contribution in [0.2, 0.25) is 0 Å². The lowest BCUT2D eigenvalue weighted by atomic mass is 10.2. The number of nitrogens with one attached hydrogen (secondary N) is 1. The minimum absolute atomic E-state index is 0.228. The molecule has 0 atom stereocenters. The van der Waals surface area contributed by atoms with Crippen LogP contribution in [0.3, 0.4) is 0 Å². The molecule has 0 unspecified atom stereocenters. The fraction of sp³-hybridized carbons (Fsp3) is 0.111. The molecule has 3 heterocycles. The zero-order chi connectivity index (χ0) is 17.4. The van der Waals surface area contributed by atoms with Crippen molar-refractivity contribution in [3.8, 4) is 5.69 Å². The SMILES string of the molecule is Cc1cc(C)n(-c2cccc(NC(=O)c3cnn4ncccc34)c2)n1. The number of benzene rings is 1. The van der Waals surface area contributed by atoms with E-state index in [-0.39, 0.29) is 5.91 Å². The Morgan fingerprint density at radius 1 is 1.08 bits per heavy atom. The Balaban J connectivity index is 1.64. The molecule has 0 bridgehead atoms. The van der Waals surface area contributed by atoms with Crippen molar-refractivity contribution in [2.24, 2.45) is 0 Å². The second-order valence-corrected chi connectivity index (χ2v) is 5.80. The van der Waals surface area contributed by atoms with Crippen LogP contribution >= 0.6 is 0 Å². The Labute approximate surface area is 143 Å². The minimum atomic E-state index is -0.228. The highest BCUT2D eigenvalue weighted by atomic mass is 16.1. The first kappa shape index (κ1) is 15.1. The molecule has 0 aliphatic carbocycles. The van der Waals surface area contributed by atoms with Crippen molar-refractivity contribution < 1.29 is 4.79 Å². The summed E-state index contributed by atoms with van der Waals surface area (Å²) in [5, 5.41) is 15.5. The van der Waals surface area contributed by atoms with Gasteiger partial charge in [-0.3, -0.25) is 4.79 Å². The molecule has 124 valence electrons. The summed E-state index contributed by atoms with van der Waals surface area (Å²) in [5.74, 6) is -0.228. The largest absolute Gasteiger partial charge is 0.322 e. The Kier molecular flexibility index (Phi) is 3.53. The molecular weight excluding hydrogens is 316 g/mol. The van der Waals surface area contributed by atoms with E-state index in [2.05, 4.69) is 20.6 Å². The molecule has 0 radical (unpaired) electrons. The van der Waals surface area contributed by atoms with Gasteiger partial charge >= 0.3 is 0 Å². The molecule has 3 aromatic heterocycles. The first-order chi connectivity index (χ1) is 12.1. The van der Waals surface area contributed by atoms with Gasteiger partial charge in [-0.2, -0.15) is 19.9 Å². The highest BCUT2D eigenvalue weighted by molar-refractivity contribution is 6.08. The standard InChI is InChI=1S/C18H16N6O/c1-12-9-13(2)23(22-12)15-6-3-5-14(10-15)21-18(25)16-11-20-24-17(16)7-4-8-19-24/h3-11H,1-2H3,(H,21,25). The van der Waals surface area contributed by atoms with Gasteiger partial charge in [0.05, 0.1) is 23.1 Å². The number of fused-ring (bicyclic) bond motifs is 1. The third-order valence-electron chi connectivity index (χ3n) is 3.91. The molecule has 0 saturated carbocycles. The quantitative estimate of drug-likeness (QED) is 0.626. The van der Waals surface area contributed by atoms with Gasteiger partial charge in [-0.1, -0.05) is 6.07 Å². The van der Waals surface area contributed by atoms with Crippen LogP contribution in [0.25, 0.3) is 11.2 Å². The van der Waals surface area contributed by atoms with E-state index in [1.807, 2.05) is 48.9 Å². The number of carbonyl (C=O) groups excluding carboxylic acids is 1. The molecule has 0 aliphatic heterocycles. The van der Waals surface area contributed by atoms with Gasteiger partial charge in [0.1, 0.15) is 5.52 Å². The highest BCUT2D eigenvalue weighted by Crippen LogP contribution is 2.18. The summed E-state index contributed by atoms with van der Waals surface area (Å²) in [5.41, 5.74) is 4.71. The number of nitrogens with zero attached hydrogens (tertiary/aromatic N) is 5. The highest BCUT2D eigenvalue weighted by Gasteiger charge is 2.13. The van der Waals surface area contributed by atoms with E-state index in [9.17, 15) is 4.79 Å². The summed E-state index contributed by atoms with van der Waals surface area (Å²) in [6.07, 6.45) is 3.14. The normalized spacial score (nSPS) is 11.0. The predicted octanol–water partition coefficient (Wildman–Crippen LogP) is 2.78. The first-order valence-corrected chi connectivity index (χ1v) is 7.86. The van der Waals surface area contributed by atoms with Gasteiger partial charge < -0.3 is 5.32 Å². The molecule has 0 saturated heterocycles. The van der Waals surface area contributed by atoms with E-state index in [1.165, 1.54) is 10.8 Å². The van der Waals surface area contributed by atoms with Crippen molar-refractivity contribution in [3.63, 3.8) is 0 Å². The lowest BCUT2D eigenvalue weighted by molar-refractivity contribution is 0.102. The Hall–Kier alpha value is -3.48. The monoisotopic (exact) mass is 332 g/mol. The van der Waals surface area contributed by atoms with Crippen LogP contribution in [0.5, 0.6) is 0 Å². The molecule has 4 rings (SSSR count). The van der Waals surface area contributed by atoms with E-state index < -0.39 is 0 Å². The van der Waals surface area contributed by atoms with E-state index in [1.54, 1.807) is 18.3 Å². The number of hydrogen-bond donors (Lipinski definition) is 1. The van der Waals surface area contributed by atoms with Crippen molar-refractivity contribution in [3.05, 3.63) is 71.8 Å². The second kappa shape index (κ2) is 5.86. The van der Waals surface area contributed by atoms with Gasteiger partial charge in [-0.05, 0) is 50.2 Å². The van der Waals surface area contributed by atoms with Crippen LogP contribution in [0.4, 0.5) is 5.69 Å². The molecule has 7 heteroatoms. The Morgan fingerprint density at radius 2 is 1.96 bits per heavy atom. The number of rotatable bonds is 3. The van der Waals surface area contributed by atoms with Crippen molar-refractivity contribution in [1.29, 1.82) is 0 Å². The van der Waals surface area contributed by atoms with Crippen LogP contribution in [0.1, 0.15) is 21.7 Å². The summed E-state index contributed by atoms with van der Waals surface area (Å²) < 4.78 is 3.28. The smallest absolute Gasteiger partial charge is 0.259 e. The number of amides is 1. The molecule has 0 aliphatic rings. The third-order valence-corrected chi connectivity index (χ3v) is 3.91. The first-order valence-electron chi connectivity index (χ1n) is 7.86. The van der Waals surface area contributed by atoms with Crippen LogP contribution in [0, 0.1) is 13.8 Å². The predicted molar refractivity (Wildman–Crippen MR) is 94.0 cm³/mol. The Morgan fingerprint density at radius 3 is 2.76 bits per heavy atom. The van der Waals surface area contributed by atoms with E-state index in [0.29, 0.717) is 16.8 Å². The minimum Gasteiger partial charge on any atom is -0.322 e. The van der Waals surface area contributed by atoms with E-state index >= 15 is 0 Å². The molecule has 4 aromatic rings. The van der Waals surface area contributed by atoms with Crippen molar-refractivity contribution >= 4 is 17.1 Å². The maximum Gasteiger partial charge on any atom is 0.259 e. The molecule has 0 fully saturated rings. The Bertz CT molecular complexity index is 1080. The zero-order valence-corrected chi connectivity index (χ0v) is 13.8. The van der Waals surface area contributed by atoms with Crippen LogP contribution in [-0.4, -0.2) is 30.5 Å². The van der Waals surface area contributed by atoms with Crippen LogP contribution in [-0.2, 0) is 0 Å². The summed E-state index contributed by atoms with van der Waals surface area (Å²) in [6.45, 7) is 3.95. The molecule has 25 heavy (non-hydrogen) atoms. The van der Waals surface area contributed by atoms with Crippen molar-refractivity contribution in [2.75, 3.05) is 5.32 Å². The third kappa shape index (κ3) is 2.76. The zero-order valence-electron chi connectivity index (χ0n) is 13.8. The second-order valence-electron chi connectivity index (χ2n) is 5.80. The van der Waals surface area contributed by atoms with Crippen molar-refractivity contribution in [2.45, 2.75) is 13.8 Å². The fourth-order valence-corrected chi connectivity index (χ4v) is 2.81. The summed E-state index contributed by atoms with van der Waals surface area (Å²) in [6, 6.07) is 13.2. The number of aromatic nitrogens is 5. The fourth-order valence-electron chi connectivity index (χ4n) is 2.81. The molecule has 1 amide bonds. The van der Waals surface area contributed by atoms with Gasteiger partial charge in [0.2, 0.25) is 0 Å². The molecule has 1 aromatic carbocycles. The average Bonchev–Trinajstić information content (AvgIpc) is 3.18. The van der Waals surface area contributed by atoms with Gasteiger partial charge in [-0.25, -0.2) is 4.68 Å². The maximum absolute atomic E-state index is 12.6. The van der Waals surface area contributed by atoms with Crippen LogP contribution < -0.4 is 5.32 Å². The molecular formula is C18H16N6O. The van der Waals surface area contributed by atoms with Gasteiger partial charge in [0, 0.05) is 17.6 Å². The number of hydrogen-bond acceptors (Lipinski definition) is 4. The van der Waals surface area contributed by atoms with Crippen molar-refractivity contribution in [1.82, 2.24) is 24.6 Å². The summed E-state index contributed by atoms with van der Waals surface area (Å²) in [7, 11) is 0. The average molecular weight is 332 g/mol. The van der Waals surface area contributed by atoms with Gasteiger partial charge in [-0.15, -0.1) is 0 Å². The lowest BCUT2D eigenvalue weighted by Crippen LogP contribution is -2.12. The topological polar surface area (TPSA) is 77.1 Å². The van der Waals surface area contributed by atoms with Crippen LogP contribution in [0.15, 0.2) is 54.9 Å². The maximum atomic E-state index is 12.6. The van der Waals surface area contributed by atoms with Gasteiger partial charge in [0.15, 0.2) is 0 Å². The van der Waals surface area contributed by atoms with Gasteiger partial charge in [0.25, 0.3) is 5.91 Å². The number of anilines is 1. The summed E-state index contributed by atoms with van der Waals surface area (Å²) in [4.78, 5) is 12.6. The lowest BCUT2D eigenvalue weighted by Gasteiger charge is -2.08. The molecule has 1 N–H and O–H groups in total. The molecule has 7 nitrogen and oxygen atoms in total. The molecule has 0 spiro atoms. The van der Waals surface area contributed by atoms with E-state index in [0.717, 1.165) is 17.1 Å². The summed E-state index contributed by atoms with van der Waals surface area (Å²) >= 11 is 0.